The summed E-state index contributed by atoms with van der Waals surface area (Å²) in [5.41, 5.74) is 1.08. The lowest BCUT2D eigenvalue weighted by Crippen LogP contribution is -2.39. The van der Waals surface area contributed by atoms with Gasteiger partial charge in [-0.1, -0.05) is 19.1 Å². The van der Waals surface area contributed by atoms with Crippen LogP contribution < -0.4 is 20.1 Å². The first-order chi connectivity index (χ1) is 12.7. The lowest BCUT2D eigenvalue weighted by molar-refractivity contribution is 0.354. The van der Waals surface area contributed by atoms with E-state index in [0.29, 0.717) is 12.5 Å². The van der Waals surface area contributed by atoms with Gasteiger partial charge in [0.15, 0.2) is 17.5 Å². The average molecular weight is 376 g/mol. The minimum absolute atomic E-state index is 0.540. The summed E-state index contributed by atoms with van der Waals surface area (Å²) in [5, 5.41) is 8.87. The van der Waals surface area contributed by atoms with E-state index in [1.165, 1.54) is 4.88 Å². The fraction of sp³-hybridized carbons (Fsp3) is 0.450. The SMILES string of the molecule is CCNC(=NCc1ccc(OC)c(OC)c1)NCC(C)Cc1cccs1. The van der Waals surface area contributed by atoms with E-state index >= 15 is 0 Å². The minimum atomic E-state index is 0.540. The zero-order chi connectivity index (χ0) is 18.8. The van der Waals surface area contributed by atoms with Crippen molar-refractivity contribution in [3.05, 3.63) is 46.2 Å². The fourth-order valence-corrected chi connectivity index (χ4v) is 3.48. The van der Waals surface area contributed by atoms with Gasteiger partial charge in [0.1, 0.15) is 0 Å². The van der Waals surface area contributed by atoms with E-state index in [-0.39, 0.29) is 0 Å². The van der Waals surface area contributed by atoms with Crippen LogP contribution in [0.5, 0.6) is 11.5 Å². The number of methoxy groups -OCH3 is 2. The normalized spacial score (nSPS) is 12.5. The van der Waals surface area contributed by atoms with E-state index in [1.54, 1.807) is 14.2 Å². The van der Waals surface area contributed by atoms with Crippen LogP contribution in [0, 0.1) is 5.92 Å². The molecule has 0 saturated carbocycles. The van der Waals surface area contributed by atoms with Crippen LogP contribution in [0.25, 0.3) is 0 Å². The molecule has 0 amide bonds. The summed E-state index contributed by atoms with van der Waals surface area (Å²) in [6, 6.07) is 10.2. The Morgan fingerprint density at radius 2 is 1.96 bits per heavy atom. The second-order valence-corrected chi connectivity index (χ2v) is 7.19. The van der Waals surface area contributed by atoms with Crippen LogP contribution >= 0.6 is 11.3 Å². The third-order valence-corrected chi connectivity index (χ3v) is 4.86. The van der Waals surface area contributed by atoms with Gasteiger partial charge in [0.25, 0.3) is 0 Å². The van der Waals surface area contributed by atoms with E-state index in [4.69, 9.17) is 9.47 Å². The molecule has 5 nitrogen and oxygen atoms in total. The van der Waals surface area contributed by atoms with Crippen LogP contribution in [-0.2, 0) is 13.0 Å². The highest BCUT2D eigenvalue weighted by atomic mass is 32.1. The Bertz CT molecular complexity index is 686. The minimum Gasteiger partial charge on any atom is -0.493 e. The number of benzene rings is 1. The van der Waals surface area contributed by atoms with Crippen molar-refractivity contribution in [2.24, 2.45) is 10.9 Å². The van der Waals surface area contributed by atoms with Gasteiger partial charge >= 0.3 is 0 Å². The molecule has 1 atom stereocenters. The van der Waals surface area contributed by atoms with Crippen molar-refractivity contribution in [1.82, 2.24) is 10.6 Å². The zero-order valence-corrected chi connectivity index (χ0v) is 16.9. The molecule has 0 aliphatic heterocycles. The monoisotopic (exact) mass is 375 g/mol. The van der Waals surface area contributed by atoms with Crippen molar-refractivity contribution in [3.8, 4) is 11.5 Å². The number of nitrogens with zero attached hydrogens (tertiary/aromatic N) is 1. The molecule has 142 valence electrons. The highest BCUT2D eigenvalue weighted by Gasteiger charge is 2.07. The van der Waals surface area contributed by atoms with Crippen molar-refractivity contribution >= 4 is 17.3 Å². The van der Waals surface area contributed by atoms with Gasteiger partial charge in [-0.3, -0.25) is 0 Å². The molecule has 1 heterocycles. The van der Waals surface area contributed by atoms with Crippen molar-refractivity contribution in [2.45, 2.75) is 26.8 Å². The van der Waals surface area contributed by atoms with Gasteiger partial charge in [-0.25, -0.2) is 4.99 Å². The van der Waals surface area contributed by atoms with Gasteiger partial charge in [-0.05, 0) is 48.4 Å². The molecule has 0 saturated heterocycles. The Morgan fingerprint density at radius 1 is 1.15 bits per heavy atom. The van der Waals surface area contributed by atoms with Gasteiger partial charge in [-0.2, -0.15) is 0 Å². The Kier molecular flexibility index (Phi) is 8.28. The van der Waals surface area contributed by atoms with Gasteiger partial charge < -0.3 is 20.1 Å². The first-order valence-electron chi connectivity index (χ1n) is 8.91. The second kappa shape index (κ2) is 10.7. The Labute approximate surface area is 160 Å². The second-order valence-electron chi connectivity index (χ2n) is 6.15. The predicted molar refractivity (Wildman–Crippen MR) is 110 cm³/mol. The maximum Gasteiger partial charge on any atom is 0.191 e. The van der Waals surface area contributed by atoms with Crippen LogP contribution in [0.15, 0.2) is 40.7 Å². The summed E-state index contributed by atoms with van der Waals surface area (Å²) in [6.45, 7) is 6.62. The van der Waals surface area contributed by atoms with Crippen LogP contribution in [-0.4, -0.2) is 33.3 Å². The van der Waals surface area contributed by atoms with Crippen LogP contribution in [0.2, 0.25) is 0 Å². The molecule has 0 aliphatic carbocycles. The molecule has 1 unspecified atom stereocenters. The number of guanidine groups is 1. The highest BCUT2D eigenvalue weighted by molar-refractivity contribution is 7.09. The first-order valence-corrected chi connectivity index (χ1v) is 9.79. The number of nitrogens with one attached hydrogen (secondary N) is 2. The summed E-state index contributed by atoms with van der Waals surface area (Å²) >= 11 is 1.81. The molecule has 26 heavy (non-hydrogen) atoms. The molecule has 0 radical (unpaired) electrons. The van der Waals surface area contributed by atoms with E-state index < -0.39 is 0 Å². The molecule has 0 aliphatic rings. The average Bonchev–Trinajstić information content (AvgIpc) is 3.16. The summed E-state index contributed by atoms with van der Waals surface area (Å²) in [6.07, 6.45) is 1.08. The van der Waals surface area contributed by atoms with Crippen LogP contribution in [0.1, 0.15) is 24.3 Å². The molecule has 0 bridgehead atoms. The van der Waals surface area contributed by atoms with Gasteiger partial charge in [0.05, 0.1) is 20.8 Å². The lowest BCUT2D eigenvalue weighted by atomic mass is 10.1. The number of hydrogen-bond acceptors (Lipinski definition) is 4. The molecule has 6 heteroatoms. The lowest BCUT2D eigenvalue weighted by Gasteiger charge is -2.15. The van der Waals surface area contributed by atoms with E-state index in [1.807, 2.05) is 29.5 Å². The summed E-state index contributed by atoms with van der Waals surface area (Å²) < 4.78 is 10.6. The molecular formula is C20H29N3O2S. The summed E-state index contributed by atoms with van der Waals surface area (Å²) in [5.74, 6) is 2.83. The molecule has 2 rings (SSSR count). The molecule has 2 aromatic rings. The van der Waals surface area contributed by atoms with Crippen LogP contribution in [0.4, 0.5) is 0 Å². The number of aliphatic imine (C=N–C) groups is 1. The quantitative estimate of drug-likeness (QED) is 0.518. The maximum absolute atomic E-state index is 5.36. The third-order valence-electron chi connectivity index (χ3n) is 3.96. The number of rotatable bonds is 9. The van der Waals surface area contributed by atoms with Gasteiger partial charge in [0.2, 0.25) is 0 Å². The van der Waals surface area contributed by atoms with Gasteiger partial charge in [0, 0.05) is 18.0 Å². The van der Waals surface area contributed by atoms with E-state index in [0.717, 1.165) is 42.5 Å². The van der Waals surface area contributed by atoms with Crippen molar-refractivity contribution < 1.29 is 9.47 Å². The Morgan fingerprint density at radius 3 is 2.62 bits per heavy atom. The molecule has 1 aromatic carbocycles. The third kappa shape index (κ3) is 6.26. The number of ether oxygens (including phenoxy) is 2. The first kappa shape index (κ1) is 20.1. The number of thiophene rings is 1. The summed E-state index contributed by atoms with van der Waals surface area (Å²) in [7, 11) is 3.28. The standard InChI is InChI=1S/C20H29N3O2S/c1-5-21-20(22-13-15(2)11-17-7-6-10-26-17)23-14-16-8-9-18(24-3)19(12-16)25-4/h6-10,12,15H,5,11,13-14H2,1-4H3,(H2,21,22,23). The topological polar surface area (TPSA) is 54.9 Å². The van der Waals surface area contributed by atoms with Gasteiger partial charge in [-0.15, -0.1) is 11.3 Å². The number of hydrogen-bond donors (Lipinski definition) is 2. The predicted octanol–water partition coefficient (Wildman–Crippen LogP) is 3.70. The highest BCUT2D eigenvalue weighted by Crippen LogP contribution is 2.27. The largest absolute Gasteiger partial charge is 0.493 e. The van der Waals surface area contributed by atoms with Crippen molar-refractivity contribution in [1.29, 1.82) is 0 Å². The summed E-state index contributed by atoms with van der Waals surface area (Å²) in [4.78, 5) is 6.11. The molecular weight excluding hydrogens is 346 g/mol. The fourth-order valence-electron chi connectivity index (χ4n) is 2.61. The zero-order valence-electron chi connectivity index (χ0n) is 16.0. The van der Waals surface area contributed by atoms with Crippen molar-refractivity contribution in [3.63, 3.8) is 0 Å². The molecule has 0 spiro atoms. The maximum atomic E-state index is 5.36. The van der Waals surface area contributed by atoms with Crippen LogP contribution in [0.3, 0.4) is 0 Å². The Balaban J connectivity index is 1.93. The van der Waals surface area contributed by atoms with E-state index in [2.05, 4.69) is 47.0 Å². The Hall–Kier alpha value is -2.21. The molecule has 2 N–H and O–H groups in total. The van der Waals surface area contributed by atoms with E-state index in [9.17, 15) is 0 Å². The molecule has 0 fully saturated rings. The molecule has 1 aromatic heterocycles. The smallest absolute Gasteiger partial charge is 0.191 e. The van der Waals surface area contributed by atoms with Crippen molar-refractivity contribution in [2.75, 3.05) is 27.3 Å².